The Morgan fingerprint density at radius 1 is 1.33 bits per heavy atom. The highest BCUT2D eigenvalue weighted by Crippen LogP contribution is 2.29. The molecule has 11 heteroatoms. The van der Waals surface area contributed by atoms with Gasteiger partial charge in [0.05, 0.1) is 18.4 Å². The van der Waals surface area contributed by atoms with E-state index in [1.54, 1.807) is 12.4 Å². The van der Waals surface area contributed by atoms with Gasteiger partial charge in [0.2, 0.25) is 5.88 Å². The van der Waals surface area contributed by atoms with Crippen LogP contribution in [0.3, 0.4) is 0 Å². The van der Waals surface area contributed by atoms with Gasteiger partial charge in [0.1, 0.15) is 11.3 Å². The summed E-state index contributed by atoms with van der Waals surface area (Å²) in [5, 5.41) is 13.6. The first-order valence-corrected chi connectivity index (χ1v) is 8.65. The van der Waals surface area contributed by atoms with Crippen molar-refractivity contribution in [1.29, 1.82) is 0 Å². The van der Waals surface area contributed by atoms with Crippen molar-refractivity contribution in [2.75, 3.05) is 18.5 Å². The summed E-state index contributed by atoms with van der Waals surface area (Å²) in [6, 6.07) is 1.48. The number of nitrogens with one attached hydrogen (secondary N) is 2. The Morgan fingerprint density at radius 2 is 2.15 bits per heavy atom. The predicted molar refractivity (Wildman–Crippen MR) is 92.1 cm³/mol. The standard InChI is InChI=1S/C16H19F2N7O2/c1-9(10-2-4-26-5-3-10)25-15-11(7-20-25)19-8-13(22-15)21-12-6-14(24-23-12)27-16(17)18/h6-10,16H,2-5H2,1H3,(H2,21,22,23,24). The highest BCUT2D eigenvalue weighted by Gasteiger charge is 2.24. The van der Waals surface area contributed by atoms with Crippen LogP contribution in [-0.4, -0.2) is 49.8 Å². The molecule has 3 aromatic heterocycles. The fourth-order valence-corrected chi connectivity index (χ4v) is 3.23. The molecule has 1 fully saturated rings. The summed E-state index contributed by atoms with van der Waals surface area (Å²) in [6.45, 7) is 0.705. The number of aromatic amines is 1. The first-order chi connectivity index (χ1) is 13.1. The zero-order valence-electron chi connectivity index (χ0n) is 14.6. The molecule has 4 heterocycles. The number of rotatable bonds is 6. The van der Waals surface area contributed by atoms with Crippen LogP contribution in [0.25, 0.3) is 11.2 Å². The van der Waals surface area contributed by atoms with Crippen LogP contribution in [-0.2, 0) is 4.74 Å². The van der Waals surface area contributed by atoms with Gasteiger partial charge in [-0.3, -0.25) is 5.10 Å². The fourth-order valence-electron chi connectivity index (χ4n) is 3.23. The van der Waals surface area contributed by atoms with E-state index in [0.29, 0.717) is 28.7 Å². The highest BCUT2D eigenvalue weighted by atomic mass is 19.3. The van der Waals surface area contributed by atoms with Crippen molar-refractivity contribution in [3.05, 3.63) is 18.5 Å². The zero-order valence-corrected chi connectivity index (χ0v) is 14.6. The van der Waals surface area contributed by atoms with Crippen LogP contribution in [0.2, 0.25) is 0 Å². The SMILES string of the molecule is CC(C1CCOCC1)n1ncc2ncc(Nc3cc(OC(F)F)n[nH]3)nc21. The average molecular weight is 379 g/mol. The summed E-state index contributed by atoms with van der Waals surface area (Å²) in [7, 11) is 0. The van der Waals surface area contributed by atoms with E-state index < -0.39 is 6.61 Å². The molecule has 1 aliphatic heterocycles. The summed E-state index contributed by atoms with van der Waals surface area (Å²) < 4.78 is 36.0. The Labute approximate surface area is 153 Å². The monoisotopic (exact) mass is 379 g/mol. The Hall–Kier alpha value is -2.82. The van der Waals surface area contributed by atoms with Gasteiger partial charge in [0.25, 0.3) is 0 Å². The van der Waals surface area contributed by atoms with E-state index >= 15 is 0 Å². The van der Waals surface area contributed by atoms with Gasteiger partial charge in [-0.1, -0.05) is 0 Å². The van der Waals surface area contributed by atoms with E-state index in [4.69, 9.17) is 4.74 Å². The number of anilines is 2. The maximum Gasteiger partial charge on any atom is 0.388 e. The second-order valence-corrected chi connectivity index (χ2v) is 6.37. The lowest BCUT2D eigenvalue weighted by molar-refractivity contribution is -0.0528. The Balaban J connectivity index is 1.55. The smallest absolute Gasteiger partial charge is 0.388 e. The van der Waals surface area contributed by atoms with Crippen LogP contribution in [0.15, 0.2) is 18.5 Å². The third kappa shape index (κ3) is 3.82. The molecule has 1 saturated heterocycles. The van der Waals surface area contributed by atoms with Crippen LogP contribution in [0.1, 0.15) is 25.8 Å². The minimum Gasteiger partial charge on any atom is -0.415 e. The molecule has 144 valence electrons. The second-order valence-electron chi connectivity index (χ2n) is 6.37. The predicted octanol–water partition coefficient (Wildman–Crippen LogP) is 2.88. The topological polar surface area (TPSA) is 103 Å². The molecule has 4 rings (SSSR count). The normalized spacial score (nSPS) is 16.7. The van der Waals surface area contributed by atoms with E-state index in [0.717, 1.165) is 26.1 Å². The quantitative estimate of drug-likeness (QED) is 0.679. The van der Waals surface area contributed by atoms with Crippen molar-refractivity contribution in [1.82, 2.24) is 29.9 Å². The molecule has 0 aromatic carbocycles. The van der Waals surface area contributed by atoms with Gasteiger partial charge >= 0.3 is 6.61 Å². The molecule has 0 bridgehead atoms. The maximum absolute atomic E-state index is 12.2. The van der Waals surface area contributed by atoms with Gasteiger partial charge in [-0.25, -0.2) is 14.6 Å². The average Bonchev–Trinajstić information content (AvgIpc) is 3.28. The summed E-state index contributed by atoms with van der Waals surface area (Å²) in [4.78, 5) is 8.94. The van der Waals surface area contributed by atoms with Crippen LogP contribution in [0.4, 0.5) is 20.4 Å². The van der Waals surface area contributed by atoms with E-state index in [1.165, 1.54) is 6.07 Å². The third-order valence-electron chi connectivity index (χ3n) is 4.66. The molecular formula is C16H19F2N7O2. The van der Waals surface area contributed by atoms with Crippen molar-refractivity contribution in [3.8, 4) is 5.88 Å². The maximum atomic E-state index is 12.2. The first-order valence-electron chi connectivity index (χ1n) is 8.65. The molecular weight excluding hydrogens is 360 g/mol. The van der Waals surface area contributed by atoms with Crippen molar-refractivity contribution < 1.29 is 18.3 Å². The van der Waals surface area contributed by atoms with E-state index in [2.05, 4.69) is 42.2 Å². The van der Waals surface area contributed by atoms with Gasteiger partial charge in [-0.15, -0.1) is 5.10 Å². The molecule has 1 unspecified atom stereocenters. The fraction of sp³-hybridized carbons (Fsp3) is 0.500. The van der Waals surface area contributed by atoms with Crippen molar-refractivity contribution in [2.24, 2.45) is 5.92 Å². The lowest BCUT2D eigenvalue weighted by Gasteiger charge is -2.28. The Bertz CT molecular complexity index is 907. The second kappa shape index (κ2) is 7.43. The van der Waals surface area contributed by atoms with Crippen LogP contribution in [0, 0.1) is 5.92 Å². The zero-order chi connectivity index (χ0) is 18.8. The van der Waals surface area contributed by atoms with Crippen LogP contribution < -0.4 is 10.1 Å². The minimum atomic E-state index is -2.93. The molecule has 0 radical (unpaired) electrons. The number of H-pyrrole nitrogens is 1. The molecule has 27 heavy (non-hydrogen) atoms. The molecule has 0 aliphatic carbocycles. The lowest BCUT2D eigenvalue weighted by Crippen LogP contribution is -2.24. The number of hydrogen-bond acceptors (Lipinski definition) is 7. The Kier molecular flexibility index (Phi) is 4.84. The van der Waals surface area contributed by atoms with Crippen molar-refractivity contribution >= 4 is 22.8 Å². The number of nitrogens with zero attached hydrogens (tertiary/aromatic N) is 5. The van der Waals surface area contributed by atoms with Crippen LogP contribution in [0.5, 0.6) is 5.88 Å². The lowest BCUT2D eigenvalue weighted by atomic mass is 9.93. The number of hydrogen-bond donors (Lipinski definition) is 2. The molecule has 0 spiro atoms. The summed E-state index contributed by atoms with van der Waals surface area (Å²) in [5.74, 6) is 1.06. The number of fused-ring (bicyclic) bond motifs is 1. The molecule has 0 amide bonds. The summed E-state index contributed by atoms with van der Waals surface area (Å²) in [6.07, 6.45) is 5.19. The molecule has 1 atom stereocenters. The van der Waals surface area contributed by atoms with Crippen molar-refractivity contribution in [2.45, 2.75) is 32.4 Å². The van der Waals surface area contributed by atoms with Crippen LogP contribution >= 0.6 is 0 Å². The summed E-state index contributed by atoms with van der Waals surface area (Å²) >= 11 is 0. The number of ether oxygens (including phenoxy) is 2. The minimum absolute atomic E-state index is 0.161. The van der Waals surface area contributed by atoms with Gasteiger partial charge in [-0.05, 0) is 25.7 Å². The van der Waals surface area contributed by atoms with Gasteiger partial charge in [-0.2, -0.15) is 13.9 Å². The summed E-state index contributed by atoms with van der Waals surface area (Å²) in [5.41, 5.74) is 1.34. The highest BCUT2D eigenvalue weighted by molar-refractivity contribution is 5.72. The van der Waals surface area contributed by atoms with Crippen molar-refractivity contribution in [3.63, 3.8) is 0 Å². The molecule has 3 aromatic rings. The largest absolute Gasteiger partial charge is 0.415 e. The van der Waals surface area contributed by atoms with E-state index in [9.17, 15) is 8.78 Å². The van der Waals surface area contributed by atoms with Gasteiger partial charge < -0.3 is 14.8 Å². The number of halogens is 2. The first kappa shape index (κ1) is 17.6. The van der Waals surface area contributed by atoms with E-state index in [-0.39, 0.29) is 11.9 Å². The molecule has 2 N–H and O–H groups in total. The van der Waals surface area contributed by atoms with E-state index in [1.807, 2.05) is 4.68 Å². The number of aromatic nitrogens is 6. The molecule has 0 saturated carbocycles. The number of alkyl halides is 2. The van der Waals surface area contributed by atoms with Gasteiger partial charge in [0, 0.05) is 19.3 Å². The van der Waals surface area contributed by atoms with Gasteiger partial charge in [0.15, 0.2) is 11.5 Å². The molecule has 1 aliphatic rings. The molecule has 9 nitrogen and oxygen atoms in total. The Morgan fingerprint density at radius 3 is 2.93 bits per heavy atom. The third-order valence-corrected chi connectivity index (χ3v) is 4.66.